The van der Waals surface area contributed by atoms with Crippen molar-refractivity contribution in [3.63, 3.8) is 0 Å². The lowest BCUT2D eigenvalue weighted by molar-refractivity contribution is 0.288. The Kier molecular flexibility index (Phi) is 11.0. The summed E-state index contributed by atoms with van der Waals surface area (Å²) < 4.78 is 6.01. The van der Waals surface area contributed by atoms with Gasteiger partial charge in [-0.3, -0.25) is 0 Å². The molecular formula is C35H50O. The van der Waals surface area contributed by atoms with Crippen LogP contribution in [0, 0.1) is 17.8 Å². The monoisotopic (exact) mass is 486 g/mol. The van der Waals surface area contributed by atoms with Gasteiger partial charge < -0.3 is 4.74 Å². The van der Waals surface area contributed by atoms with Crippen molar-refractivity contribution in [2.45, 2.75) is 110 Å². The van der Waals surface area contributed by atoms with Crippen LogP contribution in [0.3, 0.4) is 0 Å². The lowest BCUT2D eigenvalue weighted by Gasteiger charge is -2.28. The maximum atomic E-state index is 6.01. The lowest BCUT2D eigenvalue weighted by atomic mass is 9.77. The maximum absolute atomic E-state index is 6.01. The Morgan fingerprint density at radius 2 is 1.28 bits per heavy atom. The number of benzene rings is 2. The van der Waals surface area contributed by atoms with Gasteiger partial charge >= 0.3 is 0 Å². The minimum Gasteiger partial charge on any atom is -0.490 e. The summed E-state index contributed by atoms with van der Waals surface area (Å²) in [5.74, 6) is 4.44. The van der Waals surface area contributed by atoms with E-state index in [0.717, 1.165) is 29.4 Å². The van der Waals surface area contributed by atoms with Gasteiger partial charge in [0.2, 0.25) is 0 Å². The van der Waals surface area contributed by atoms with Crippen molar-refractivity contribution >= 4 is 0 Å². The fraction of sp³-hybridized carbons (Fsp3) is 0.600. The van der Waals surface area contributed by atoms with Crippen LogP contribution in [0.2, 0.25) is 0 Å². The Morgan fingerprint density at radius 1 is 0.667 bits per heavy atom. The van der Waals surface area contributed by atoms with E-state index in [1.54, 1.807) is 0 Å². The summed E-state index contributed by atoms with van der Waals surface area (Å²) in [5, 5.41) is 0. The van der Waals surface area contributed by atoms with Gasteiger partial charge in [-0.15, -0.1) is 0 Å². The molecule has 0 amide bonds. The van der Waals surface area contributed by atoms with Gasteiger partial charge in [-0.25, -0.2) is 0 Å². The van der Waals surface area contributed by atoms with E-state index in [0.29, 0.717) is 6.61 Å². The van der Waals surface area contributed by atoms with E-state index < -0.39 is 0 Å². The predicted octanol–water partition coefficient (Wildman–Crippen LogP) is 10.7. The highest BCUT2D eigenvalue weighted by molar-refractivity contribution is 5.64. The van der Waals surface area contributed by atoms with Gasteiger partial charge in [0.1, 0.15) is 12.4 Å². The first-order chi connectivity index (χ1) is 17.7. The molecule has 2 aromatic rings. The molecule has 2 saturated carbocycles. The molecule has 4 rings (SSSR count). The first kappa shape index (κ1) is 27.0. The van der Waals surface area contributed by atoms with Gasteiger partial charge in [-0.1, -0.05) is 101 Å². The summed E-state index contributed by atoms with van der Waals surface area (Å²) in [5.41, 5.74) is 4.10. The lowest BCUT2D eigenvalue weighted by Crippen LogP contribution is -2.13. The molecule has 36 heavy (non-hydrogen) atoms. The summed E-state index contributed by atoms with van der Waals surface area (Å²) in [6, 6.07) is 18.0. The van der Waals surface area contributed by atoms with Gasteiger partial charge in [0.15, 0.2) is 0 Å². The molecule has 1 heteroatoms. The summed E-state index contributed by atoms with van der Waals surface area (Å²) in [4.78, 5) is 0. The molecule has 2 aliphatic rings. The van der Waals surface area contributed by atoms with Crippen LogP contribution in [0.1, 0.15) is 115 Å². The van der Waals surface area contributed by atoms with Gasteiger partial charge in [-0.05, 0) is 104 Å². The zero-order valence-electron chi connectivity index (χ0n) is 23.1. The molecule has 0 atom stereocenters. The summed E-state index contributed by atoms with van der Waals surface area (Å²) in [6.07, 6.45) is 24.2. The quantitative estimate of drug-likeness (QED) is 0.214. The Morgan fingerprint density at radius 3 is 1.92 bits per heavy atom. The molecule has 2 aliphatic carbocycles. The number of unbranched alkanes of at least 4 members (excludes halogenated alkanes) is 2. The average molecular weight is 487 g/mol. The number of ether oxygens (including phenoxy) is 1. The summed E-state index contributed by atoms with van der Waals surface area (Å²) in [7, 11) is 0. The molecule has 0 bridgehead atoms. The molecule has 0 radical (unpaired) electrons. The maximum Gasteiger partial charge on any atom is 0.119 e. The van der Waals surface area contributed by atoms with Crippen LogP contribution in [0.5, 0.6) is 5.75 Å². The first-order valence-corrected chi connectivity index (χ1v) is 15.2. The van der Waals surface area contributed by atoms with Gasteiger partial charge in [0.05, 0.1) is 0 Å². The molecule has 2 fully saturated rings. The van der Waals surface area contributed by atoms with E-state index in [1.165, 1.54) is 107 Å². The molecule has 0 spiro atoms. The van der Waals surface area contributed by atoms with E-state index in [1.807, 2.05) is 0 Å². The van der Waals surface area contributed by atoms with E-state index in [2.05, 4.69) is 74.5 Å². The van der Waals surface area contributed by atoms with Crippen molar-refractivity contribution in [2.75, 3.05) is 6.61 Å². The second-order valence-electron chi connectivity index (χ2n) is 11.7. The summed E-state index contributed by atoms with van der Waals surface area (Å²) in [6.45, 7) is 5.29. The Hall–Kier alpha value is -2.02. The van der Waals surface area contributed by atoms with Crippen molar-refractivity contribution in [3.05, 3.63) is 66.2 Å². The molecular weight excluding hydrogens is 436 g/mol. The van der Waals surface area contributed by atoms with Crippen LogP contribution in [0.4, 0.5) is 0 Å². The van der Waals surface area contributed by atoms with E-state index in [-0.39, 0.29) is 0 Å². The molecule has 0 aromatic heterocycles. The largest absolute Gasteiger partial charge is 0.490 e. The third kappa shape index (κ3) is 8.25. The van der Waals surface area contributed by atoms with Gasteiger partial charge in [0, 0.05) is 0 Å². The van der Waals surface area contributed by atoms with Crippen molar-refractivity contribution in [1.29, 1.82) is 0 Å². The normalized spacial score (nSPS) is 24.7. The van der Waals surface area contributed by atoms with E-state index >= 15 is 0 Å². The number of hydrogen-bond donors (Lipinski definition) is 0. The topological polar surface area (TPSA) is 9.23 Å². The van der Waals surface area contributed by atoms with Crippen LogP contribution >= 0.6 is 0 Å². The molecule has 1 nitrogen and oxygen atoms in total. The van der Waals surface area contributed by atoms with E-state index in [9.17, 15) is 0 Å². The van der Waals surface area contributed by atoms with Crippen LogP contribution in [-0.2, 0) is 0 Å². The van der Waals surface area contributed by atoms with Crippen LogP contribution in [0.25, 0.3) is 11.1 Å². The zero-order chi connectivity index (χ0) is 25.0. The molecule has 2 aromatic carbocycles. The smallest absolute Gasteiger partial charge is 0.119 e. The molecule has 0 unspecified atom stereocenters. The Labute approximate surface area is 221 Å². The highest BCUT2D eigenvalue weighted by Crippen LogP contribution is 2.38. The van der Waals surface area contributed by atoms with Crippen molar-refractivity contribution in [3.8, 4) is 16.9 Å². The highest BCUT2D eigenvalue weighted by atomic mass is 16.5. The third-order valence-corrected chi connectivity index (χ3v) is 8.98. The predicted molar refractivity (Wildman–Crippen MR) is 156 cm³/mol. The van der Waals surface area contributed by atoms with Gasteiger partial charge in [-0.2, -0.15) is 0 Å². The van der Waals surface area contributed by atoms with Crippen LogP contribution < -0.4 is 4.74 Å². The number of allylic oxidation sites excluding steroid dienone is 1. The molecule has 0 saturated heterocycles. The van der Waals surface area contributed by atoms with E-state index in [4.69, 9.17) is 4.74 Å². The highest BCUT2D eigenvalue weighted by Gasteiger charge is 2.22. The molecule has 196 valence electrons. The third-order valence-electron chi connectivity index (χ3n) is 8.98. The number of hydrogen-bond acceptors (Lipinski definition) is 1. The molecule has 0 heterocycles. The molecule has 0 aliphatic heterocycles. The standard InChI is InChI=1S/C35H50O/c1-3-5-6-9-29-11-13-30(14-12-29)10-7-27-36-35-25-23-34(24-26-35)33-21-19-32(20-22-33)31-17-15-28(8-4-2)16-18-31/h7,10,19-26,28-31H,3-6,8-9,11-18,27H2,1-2H3/b10-7+/t28-,29-,30-,31-. The second-order valence-corrected chi connectivity index (χ2v) is 11.7. The minimum absolute atomic E-state index is 0.672. The SMILES string of the molecule is CCCCC[C@H]1CC[C@H](/C=C/COc2ccc(-c3ccc([C@H]4CC[C@H](CCC)CC4)cc3)cc2)CC1. The Bertz CT molecular complexity index is 877. The Balaban J connectivity index is 1.18. The minimum atomic E-state index is 0.672. The second kappa shape index (κ2) is 14.7. The van der Waals surface area contributed by atoms with Crippen LogP contribution in [0.15, 0.2) is 60.7 Å². The van der Waals surface area contributed by atoms with Crippen molar-refractivity contribution in [1.82, 2.24) is 0 Å². The van der Waals surface area contributed by atoms with Crippen molar-refractivity contribution < 1.29 is 4.74 Å². The zero-order valence-corrected chi connectivity index (χ0v) is 23.1. The first-order valence-electron chi connectivity index (χ1n) is 15.2. The summed E-state index contributed by atoms with van der Waals surface area (Å²) >= 11 is 0. The average Bonchev–Trinajstić information content (AvgIpc) is 2.93. The fourth-order valence-corrected chi connectivity index (χ4v) is 6.63. The molecule has 0 N–H and O–H groups in total. The fourth-order valence-electron chi connectivity index (χ4n) is 6.63. The van der Waals surface area contributed by atoms with Crippen molar-refractivity contribution in [2.24, 2.45) is 17.8 Å². The number of rotatable bonds is 12. The van der Waals surface area contributed by atoms with Crippen LogP contribution in [-0.4, -0.2) is 6.61 Å². The van der Waals surface area contributed by atoms with Gasteiger partial charge in [0.25, 0.3) is 0 Å².